The second-order valence-electron chi connectivity index (χ2n) is 9.98. The van der Waals surface area contributed by atoms with Gasteiger partial charge in [-0.3, -0.25) is 4.79 Å². The Balaban J connectivity index is 1.30. The number of nitrogens with zero attached hydrogens (tertiary/aromatic N) is 6. The number of rotatable bonds is 6. The number of likely N-dealkylation sites (tertiary alicyclic amines) is 1. The lowest BCUT2D eigenvalue weighted by Crippen LogP contribution is -2.44. The van der Waals surface area contributed by atoms with Crippen molar-refractivity contribution in [2.24, 2.45) is 0 Å². The molecule has 0 aliphatic carbocycles. The lowest BCUT2D eigenvalue weighted by Gasteiger charge is -2.35. The normalized spacial score (nSPS) is 17.4. The smallest absolute Gasteiger partial charge is 0.253 e. The summed E-state index contributed by atoms with van der Waals surface area (Å²) in [5.74, 6) is 0.637. The minimum absolute atomic E-state index is 0.0424. The third-order valence-corrected chi connectivity index (χ3v) is 7.39. The number of anilines is 2. The van der Waals surface area contributed by atoms with E-state index in [0.29, 0.717) is 30.5 Å². The van der Waals surface area contributed by atoms with Gasteiger partial charge in [0.15, 0.2) is 5.82 Å². The number of aromatic nitrogens is 4. The van der Waals surface area contributed by atoms with Crippen molar-refractivity contribution in [3.63, 3.8) is 0 Å². The van der Waals surface area contributed by atoms with Crippen molar-refractivity contribution in [2.45, 2.75) is 44.7 Å². The highest BCUT2D eigenvalue weighted by Crippen LogP contribution is 2.31. The number of amides is 1. The fraction of sp³-hybridized carbons (Fsp3) is 0.481. The van der Waals surface area contributed by atoms with Crippen LogP contribution in [0.2, 0.25) is 0 Å². The van der Waals surface area contributed by atoms with Gasteiger partial charge in [-0.2, -0.15) is 0 Å². The Morgan fingerprint density at radius 3 is 2.43 bits per heavy atom. The van der Waals surface area contributed by atoms with Crippen LogP contribution in [0.1, 0.15) is 47.9 Å². The van der Waals surface area contributed by atoms with Crippen LogP contribution in [-0.2, 0) is 4.74 Å². The van der Waals surface area contributed by atoms with Gasteiger partial charge in [0, 0.05) is 49.6 Å². The number of piperidine rings is 1. The molecule has 1 N–H and O–H groups in total. The summed E-state index contributed by atoms with van der Waals surface area (Å²) in [7, 11) is 4.17. The standard InChI is InChI=1S/C27H34FN7O2/c1-18-29-17-24(35(18)22-10-14-37-15-11-22)25-23(28)16-30-27(32-25)31-20-6-4-19(5-7-20)26(36)34-12-8-21(9-13-34)33(2)3/h4-7,16-17,21-22H,8-15H2,1-3H3,(H,30,31,32). The van der Waals surface area contributed by atoms with E-state index in [4.69, 9.17) is 4.74 Å². The van der Waals surface area contributed by atoms with Crippen LogP contribution >= 0.6 is 0 Å². The Morgan fingerprint density at radius 1 is 1.05 bits per heavy atom. The lowest BCUT2D eigenvalue weighted by atomic mass is 10.0. The van der Waals surface area contributed by atoms with Crippen LogP contribution in [0.3, 0.4) is 0 Å². The Hall–Kier alpha value is -3.37. The molecule has 0 spiro atoms. The zero-order valence-corrected chi connectivity index (χ0v) is 21.7. The van der Waals surface area contributed by atoms with Crippen LogP contribution in [0, 0.1) is 12.7 Å². The number of carbonyl (C=O) groups is 1. The van der Waals surface area contributed by atoms with Crippen LogP contribution in [0.5, 0.6) is 0 Å². The Labute approximate surface area is 216 Å². The number of benzene rings is 1. The van der Waals surface area contributed by atoms with E-state index in [9.17, 15) is 9.18 Å². The van der Waals surface area contributed by atoms with Crippen molar-refractivity contribution in [2.75, 3.05) is 45.7 Å². The summed E-state index contributed by atoms with van der Waals surface area (Å²) in [5.41, 5.74) is 2.20. The van der Waals surface area contributed by atoms with Gasteiger partial charge < -0.3 is 24.4 Å². The average Bonchev–Trinajstić information content (AvgIpc) is 3.31. The summed E-state index contributed by atoms with van der Waals surface area (Å²) in [5, 5.41) is 3.14. The molecule has 2 saturated heterocycles. The molecule has 0 radical (unpaired) electrons. The first kappa shape index (κ1) is 25.3. The second-order valence-corrected chi connectivity index (χ2v) is 9.98. The fourth-order valence-corrected chi connectivity index (χ4v) is 5.23. The third-order valence-electron chi connectivity index (χ3n) is 7.39. The molecule has 9 nitrogen and oxygen atoms in total. The van der Waals surface area contributed by atoms with Crippen LogP contribution in [0.25, 0.3) is 11.4 Å². The van der Waals surface area contributed by atoms with Crippen LogP contribution in [-0.4, -0.2) is 81.7 Å². The van der Waals surface area contributed by atoms with Crippen LogP contribution in [0.4, 0.5) is 16.0 Å². The number of carbonyl (C=O) groups excluding carboxylic acids is 1. The van der Waals surface area contributed by atoms with Gasteiger partial charge in [0.05, 0.1) is 18.1 Å². The minimum Gasteiger partial charge on any atom is -0.381 e. The first-order valence-electron chi connectivity index (χ1n) is 12.9. The van der Waals surface area contributed by atoms with Gasteiger partial charge >= 0.3 is 0 Å². The number of hydrogen-bond acceptors (Lipinski definition) is 7. The maximum atomic E-state index is 14.9. The van der Waals surface area contributed by atoms with Gasteiger partial charge in [-0.15, -0.1) is 0 Å². The number of nitrogens with one attached hydrogen (secondary N) is 1. The first-order valence-corrected chi connectivity index (χ1v) is 12.9. The molecule has 4 heterocycles. The summed E-state index contributed by atoms with van der Waals surface area (Å²) in [6.45, 7) is 4.79. The molecule has 1 aromatic carbocycles. The van der Waals surface area contributed by atoms with E-state index >= 15 is 0 Å². The number of aryl methyl sites for hydroxylation is 1. The molecule has 0 atom stereocenters. The lowest BCUT2D eigenvalue weighted by molar-refractivity contribution is 0.0663. The van der Waals surface area contributed by atoms with E-state index in [-0.39, 0.29) is 23.6 Å². The topological polar surface area (TPSA) is 88.4 Å². The Bertz CT molecular complexity index is 1230. The highest BCUT2D eigenvalue weighted by molar-refractivity contribution is 5.94. The molecule has 3 aromatic rings. The maximum Gasteiger partial charge on any atom is 0.253 e. The van der Waals surface area contributed by atoms with Gasteiger partial charge in [-0.1, -0.05) is 0 Å². The van der Waals surface area contributed by atoms with Gasteiger partial charge in [0.25, 0.3) is 5.91 Å². The molecule has 1 amide bonds. The predicted molar refractivity (Wildman–Crippen MR) is 139 cm³/mol. The quantitative estimate of drug-likeness (QED) is 0.539. The van der Waals surface area contributed by atoms with Crippen molar-refractivity contribution in [3.8, 4) is 11.4 Å². The molecule has 0 bridgehead atoms. The number of imidazole rings is 1. The molecule has 2 aromatic heterocycles. The summed E-state index contributed by atoms with van der Waals surface area (Å²) < 4.78 is 22.4. The first-order chi connectivity index (χ1) is 17.9. The highest BCUT2D eigenvalue weighted by Gasteiger charge is 2.25. The van der Waals surface area contributed by atoms with E-state index in [1.807, 2.05) is 24.0 Å². The molecule has 5 rings (SSSR count). The van der Waals surface area contributed by atoms with Crippen molar-refractivity contribution in [3.05, 3.63) is 53.9 Å². The number of halogens is 1. The van der Waals surface area contributed by atoms with Crippen molar-refractivity contribution >= 4 is 17.5 Å². The zero-order valence-electron chi connectivity index (χ0n) is 21.7. The van der Waals surface area contributed by atoms with Gasteiger partial charge in [-0.05, 0) is 71.0 Å². The summed E-state index contributed by atoms with van der Waals surface area (Å²) in [4.78, 5) is 30.2. The van der Waals surface area contributed by atoms with Crippen molar-refractivity contribution in [1.82, 2.24) is 29.3 Å². The monoisotopic (exact) mass is 507 g/mol. The highest BCUT2D eigenvalue weighted by atomic mass is 19.1. The van der Waals surface area contributed by atoms with Crippen molar-refractivity contribution in [1.29, 1.82) is 0 Å². The summed E-state index contributed by atoms with van der Waals surface area (Å²) in [6.07, 6.45) is 6.50. The molecule has 2 aliphatic heterocycles. The maximum absolute atomic E-state index is 14.9. The van der Waals surface area contributed by atoms with E-state index in [1.165, 1.54) is 6.20 Å². The van der Waals surface area contributed by atoms with E-state index in [1.54, 1.807) is 18.3 Å². The van der Waals surface area contributed by atoms with Gasteiger partial charge in [-0.25, -0.2) is 19.3 Å². The Morgan fingerprint density at radius 2 is 1.76 bits per heavy atom. The molecule has 37 heavy (non-hydrogen) atoms. The molecule has 10 heteroatoms. The Kier molecular flexibility index (Phi) is 7.48. The van der Waals surface area contributed by atoms with Gasteiger partial charge in [0.2, 0.25) is 5.95 Å². The van der Waals surface area contributed by atoms with E-state index in [0.717, 1.165) is 50.3 Å². The fourth-order valence-electron chi connectivity index (χ4n) is 5.23. The summed E-state index contributed by atoms with van der Waals surface area (Å²) in [6, 6.07) is 7.96. The molecule has 196 valence electrons. The molecule has 0 saturated carbocycles. The van der Waals surface area contributed by atoms with Crippen LogP contribution < -0.4 is 5.32 Å². The molecular formula is C27H34FN7O2. The largest absolute Gasteiger partial charge is 0.381 e. The SMILES string of the molecule is Cc1ncc(-c2nc(Nc3ccc(C(=O)N4CCC(N(C)C)CC4)cc3)ncc2F)n1C1CCOCC1. The number of ether oxygens (including phenoxy) is 1. The molecule has 2 aliphatic rings. The van der Waals surface area contributed by atoms with E-state index < -0.39 is 5.82 Å². The third kappa shape index (κ3) is 5.50. The second kappa shape index (κ2) is 10.9. The summed E-state index contributed by atoms with van der Waals surface area (Å²) >= 11 is 0. The van der Waals surface area contributed by atoms with Crippen molar-refractivity contribution < 1.29 is 13.9 Å². The van der Waals surface area contributed by atoms with Gasteiger partial charge in [0.1, 0.15) is 11.5 Å². The molecule has 0 unspecified atom stereocenters. The predicted octanol–water partition coefficient (Wildman–Crippen LogP) is 4.05. The molecular weight excluding hydrogens is 473 g/mol. The van der Waals surface area contributed by atoms with Crippen LogP contribution in [0.15, 0.2) is 36.7 Å². The van der Waals surface area contributed by atoms with E-state index in [2.05, 4.69) is 43.8 Å². The number of hydrogen-bond donors (Lipinski definition) is 1. The molecule has 2 fully saturated rings. The zero-order chi connectivity index (χ0) is 25.9. The minimum atomic E-state index is -0.502. The average molecular weight is 508 g/mol.